The fourth-order valence-corrected chi connectivity index (χ4v) is 5.27. The Morgan fingerprint density at radius 1 is 0.917 bits per heavy atom. The van der Waals surface area contributed by atoms with Crippen LogP contribution in [0.4, 0.5) is 5.69 Å². The van der Waals surface area contributed by atoms with Crippen LogP contribution in [0.3, 0.4) is 0 Å². The average Bonchev–Trinajstić information content (AvgIpc) is 2.88. The van der Waals surface area contributed by atoms with E-state index in [0.717, 1.165) is 5.56 Å². The Bertz CT molecular complexity index is 1300. The van der Waals surface area contributed by atoms with E-state index in [2.05, 4.69) is 5.32 Å². The quantitative estimate of drug-likeness (QED) is 0.384. The van der Waals surface area contributed by atoms with Gasteiger partial charge in [-0.3, -0.25) is 4.79 Å². The van der Waals surface area contributed by atoms with Gasteiger partial charge in [-0.1, -0.05) is 62.4 Å². The lowest BCUT2D eigenvalue weighted by molar-refractivity contribution is -0.119. The molecule has 0 atom stereocenters. The molecule has 3 aromatic carbocycles. The van der Waals surface area contributed by atoms with E-state index >= 15 is 0 Å². The van der Waals surface area contributed by atoms with Crippen molar-refractivity contribution in [3.63, 3.8) is 0 Å². The summed E-state index contributed by atoms with van der Waals surface area (Å²) in [5, 5.41) is 2.59. The topological polar surface area (TPSA) is 102 Å². The molecule has 0 bridgehead atoms. The van der Waals surface area contributed by atoms with E-state index < -0.39 is 28.5 Å². The summed E-state index contributed by atoms with van der Waals surface area (Å²) in [6.45, 7) is 5.63. The van der Waals surface area contributed by atoms with Crippen LogP contribution in [0.2, 0.25) is 0 Å². The number of nitrogens with zero attached hydrogens (tertiary/aromatic N) is 1. The van der Waals surface area contributed by atoms with E-state index in [0.29, 0.717) is 30.1 Å². The average molecular weight is 511 g/mol. The van der Waals surface area contributed by atoms with Crippen molar-refractivity contribution >= 4 is 27.6 Å². The third kappa shape index (κ3) is 6.71. The molecule has 0 aliphatic heterocycles. The normalized spacial score (nSPS) is 11.2. The summed E-state index contributed by atoms with van der Waals surface area (Å²) in [7, 11) is -3.70. The van der Waals surface area contributed by atoms with Crippen molar-refractivity contribution in [2.75, 3.05) is 25.0 Å². The first-order chi connectivity index (χ1) is 17.3. The minimum atomic E-state index is -3.70. The van der Waals surface area contributed by atoms with Gasteiger partial charge in [-0.2, -0.15) is 4.31 Å². The molecular formula is C27H30N2O6S. The summed E-state index contributed by atoms with van der Waals surface area (Å²) in [4.78, 5) is 25.2. The van der Waals surface area contributed by atoms with Crippen LogP contribution in [0.5, 0.6) is 5.75 Å². The maximum absolute atomic E-state index is 12.9. The van der Waals surface area contributed by atoms with Gasteiger partial charge in [0.05, 0.1) is 4.90 Å². The Balaban J connectivity index is 1.64. The van der Waals surface area contributed by atoms with Gasteiger partial charge < -0.3 is 14.8 Å². The zero-order chi connectivity index (χ0) is 26.1. The lowest BCUT2D eigenvalue weighted by atomic mass is 10.2. The van der Waals surface area contributed by atoms with Crippen molar-refractivity contribution in [1.29, 1.82) is 0 Å². The fraction of sp³-hybridized carbons (Fsp3) is 0.259. The monoisotopic (exact) mass is 510 g/mol. The van der Waals surface area contributed by atoms with E-state index in [1.807, 2.05) is 30.3 Å². The zero-order valence-corrected chi connectivity index (χ0v) is 21.4. The number of sulfonamides is 1. The number of para-hydroxylation sites is 1. The lowest BCUT2D eigenvalue weighted by Crippen LogP contribution is -2.31. The second-order valence-electron chi connectivity index (χ2n) is 7.96. The maximum Gasteiger partial charge on any atom is 0.342 e. The number of amides is 1. The molecule has 0 heterocycles. The molecule has 0 unspecified atom stereocenters. The van der Waals surface area contributed by atoms with E-state index in [1.54, 1.807) is 57.2 Å². The van der Waals surface area contributed by atoms with E-state index in [4.69, 9.17) is 9.47 Å². The number of esters is 1. The number of nitrogens with one attached hydrogen (secondary N) is 1. The number of anilines is 1. The van der Waals surface area contributed by atoms with E-state index in [9.17, 15) is 18.0 Å². The van der Waals surface area contributed by atoms with Crippen LogP contribution >= 0.6 is 0 Å². The molecule has 0 aliphatic rings. The second-order valence-corrected chi connectivity index (χ2v) is 9.87. The standard InChI is InChI=1S/C27H30N2O6S/c1-4-29(5-2)36(32,33)25-17-22(16-15-20(25)3)28-26(30)19-35-27(31)23-13-9-10-14-24(23)34-18-21-11-7-6-8-12-21/h6-17H,4-5,18-19H2,1-3H3,(H,28,30). The number of ether oxygens (including phenoxy) is 2. The van der Waals surface area contributed by atoms with Gasteiger partial charge in [0, 0.05) is 18.8 Å². The number of rotatable bonds is 11. The highest BCUT2D eigenvalue weighted by atomic mass is 32.2. The Kier molecular flexibility index (Phi) is 9.21. The molecule has 9 heteroatoms. The smallest absolute Gasteiger partial charge is 0.342 e. The third-order valence-electron chi connectivity index (χ3n) is 5.47. The number of hydrogen-bond acceptors (Lipinski definition) is 6. The molecule has 0 saturated carbocycles. The van der Waals surface area contributed by atoms with Crippen molar-refractivity contribution in [3.8, 4) is 5.75 Å². The first kappa shape index (κ1) is 26.9. The molecule has 3 aromatic rings. The molecule has 0 aromatic heterocycles. The highest BCUT2D eigenvalue weighted by Crippen LogP contribution is 2.24. The van der Waals surface area contributed by atoms with Crippen LogP contribution in [0.1, 0.15) is 35.3 Å². The Morgan fingerprint density at radius 2 is 1.58 bits per heavy atom. The van der Waals surface area contributed by atoms with Gasteiger partial charge in [-0.15, -0.1) is 0 Å². The maximum atomic E-state index is 12.9. The van der Waals surface area contributed by atoms with E-state index in [1.165, 1.54) is 10.4 Å². The van der Waals surface area contributed by atoms with E-state index in [-0.39, 0.29) is 17.1 Å². The second kappa shape index (κ2) is 12.3. The molecule has 8 nitrogen and oxygen atoms in total. The third-order valence-corrected chi connectivity index (χ3v) is 7.67. The van der Waals surface area contributed by atoms with Crippen LogP contribution in [0.15, 0.2) is 77.7 Å². The molecule has 0 fully saturated rings. The zero-order valence-electron chi connectivity index (χ0n) is 20.6. The first-order valence-corrected chi connectivity index (χ1v) is 13.0. The molecule has 190 valence electrons. The number of hydrogen-bond donors (Lipinski definition) is 1. The van der Waals surface area contributed by atoms with Crippen molar-refractivity contribution in [2.45, 2.75) is 32.3 Å². The molecule has 36 heavy (non-hydrogen) atoms. The molecule has 3 rings (SSSR count). The predicted molar refractivity (Wildman–Crippen MR) is 137 cm³/mol. The summed E-state index contributed by atoms with van der Waals surface area (Å²) in [5.41, 5.74) is 2.00. The first-order valence-electron chi connectivity index (χ1n) is 11.6. The van der Waals surface area contributed by atoms with Crippen molar-refractivity contribution in [1.82, 2.24) is 4.31 Å². The van der Waals surface area contributed by atoms with Crippen LogP contribution in [0.25, 0.3) is 0 Å². The minimum Gasteiger partial charge on any atom is -0.488 e. The van der Waals surface area contributed by atoms with Crippen LogP contribution in [0, 0.1) is 6.92 Å². The van der Waals surface area contributed by atoms with Gasteiger partial charge in [-0.05, 0) is 42.3 Å². The SMILES string of the molecule is CCN(CC)S(=O)(=O)c1cc(NC(=O)COC(=O)c2ccccc2OCc2ccccc2)ccc1C. The summed E-state index contributed by atoms with van der Waals surface area (Å²) in [6.07, 6.45) is 0. The summed E-state index contributed by atoms with van der Waals surface area (Å²) < 4.78 is 38.2. The van der Waals surface area contributed by atoms with Gasteiger partial charge in [0.1, 0.15) is 17.9 Å². The van der Waals surface area contributed by atoms with Gasteiger partial charge in [0.15, 0.2) is 6.61 Å². The Morgan fingerprint density at radius 3 is 2.28 bits per heavy atom. The molecule has 1 amide bonds. The van der Waals surface area contributed by atoms with Crippen LogP contribution in [-0.2, 0) is 26.2 Å². The Hall–Kier alpha value is -3.69. The van der Waals surface area contributed by atoms with Crippen molar-refractivity contribution in [3.05, 3.63) is 89.5 Å². The summed E-state index contributed by atoms with van der Waals surface area (Å²) in [6, 6.07) is 20.8. The number of carbonyl (C=O) groups is 2. The van der Waals surface area contributed by atoms with Crippen molar-refractivity contribution < 1.29 is 27.5 Å². The van der Waals surface area contributed by atoms with Gasteiger partial charge in [0.2, 0.25) is 10.0 Å². The molecule has 0 aliphatic carbocycles. The predicted octanol–water partition coefficient (Wildman–Crippen LogP) is 4.40. The van der Waals surface area contributed by atoms with Crippen LogP contribution in [-0.4, -0.2) is 44.3 Å². The highest BCUT2D eigenvalue weighted by molar-refractivity contribution is 7.89. The lowest BCUT2D eigenvalue weighted by Gasteiger charge is -2.20. The number of aryl methyl sites for hydroxylation is 1. The largest absolute Gasteiger partial charge is 0.488 e. The van der Waals surface area contributed by atoms with Crippen molar-refractivity contribution in [2.24, 2.45) is 0 Å². The molecule has 0 saturated heterocycles. The minimum absolute atomic E-state index is 0.116. The molecular weight excluding hydrogens is 480 g/mol. The van der Waals surface area contributed by atoms with Gasteiger partial charge in [0.25, 0.3) is 5.91 Å². The van der Waals surface area contributed by atoms with Gasteiger partial charge >= 0.3 is 5.97 Å². The number of benzene rings is 3. The van der Waals surface area contributed by atoms with Gasteiger partial charge in [-0.25, -0.2) is 13.2 Å². The molecule has 0 spiro atoms. The summed E-state index contributed by atoms with van der Waals surface area (Å²) in [5.74, 6) is -0.958. The number of carbonyl (C=O) groups excluding carboxylic acids is 2. The highest BCUT2D eigenvalue weighted by Gasteiger charge is 2.24. The van der Waals surface area contributed by atoms with Crippen LogP contribution < -0.4 is 10.1 Å². The summed E-state index contributed by atoms with van der Waals surface area (Å²) >= 11 is 0. The fourth-order valence-electron chi connectivity index (χ4n) is 3.56. The Labute approximate surface area is 211 Å². The molecule has 1 N–H and O–H groups in total. The molecule has 0 radical (unpaired) electrons.